The van der Waals surface area contributed by atoms with Crippen molar-refractivity contribution in [2.45, 2.75) is 45.4 Å². The zero-order valence-corrected chi connectivity index (χ0v) is 11.9. The van der Waals surface area contributed by atoms with E-state index in [1.165, 1.54) is 0 Å². The van der Waals surface area contributed by atoms with E-state index in [4.69, 9.17) is 4.74 Å². The molecule has 0 saturated carbocycles. The molecule has 0 unspecified atom stereocenters. The van der Waals surface area contributed by atoms with E-state index >= 15 is 0 Å². The van der Waals surface area contributed by atoms with Gasteiger partial charge >= 0.3 is 0 Å². The van der Waals surface area contributed by atoms with Gasteiger partial charge in [-0.3, -0.25) is 0 Å². The lowest BCUT2D eigenvalue weighted by Gasteiger charge is -2.19. The van der Waals surface area contributed by atoms with Crippen molar-refractivity contribution >= 4 is 9.84 Å². The van der Waals surface area contributed by atoms with Crippen LogP contribution in [0.5, 0.6) is 0 Å². The summed E-state index contributed by atoms with van der Waals surface area (Å²) in [6.07, 6.45) is 0. The first-order valence-electron chi connectivity index (χ1n) is 5.70. The molecule has 0 radical (unpaired) electrons. The average molecular weight is 251 g/mol. The van der Waals surface area contributed by atoms with Gasteiger partial charge < -0.3 is 10.1 Å². The molecule has 98 valence electrons. The molecule has 0 atom stereocenters. The third kappa shape index (κ3) is 6.45. The minimum Gasteiger partial charge on any atom is -0.379 e. The van der Waals surface area contributed by atoms with Crippen LogP contribution < -0.4 is 5.32 Å². The maximum Gasteiger partial charge on any atom is 0.157 e. The lowest BCUT2D eigenvalue weighted by Crippen LogP contribution is -2.32. The highest BCUT2D eigenvalue weighted by molar-refractivity contribution is 7.92. The highest BCUT2D eigenvalue weighted by Crippen LogP contribution is 2.15. The first-order valence-corrected chi connectivity index (χ1v) is 7.35. The Balaban J connectivity index is 3.68. The monoisotopic (exact) mass is 251 g/mol. The van der Waals surface area contributed by atoms with Crippen LogP contribution in [-0.4, -0.2) is 44.7 Å². The molecule has 0 amide bonds. The molecule has 5 heteroatoms. The molecule has 0 heterocycles. The SMILES string of the molecule is CC(C)NCCOCCS(=O)(=O)C(C)(C)C. The smallest absolute Gasteiger partial charge is 0.157 e. The van der Waals surface area contributed by atoms with E-state index < -0.39 is 14.6 Å². The lowest BCUT2D eigenvalue weighted by atomic mass is 10.3. The summed E-state index contributed by atoms with van der Waals surface area (Å²) in [6.45, 7) is 10.8. The van der Waals surface area contributed by atoms with E-state index in [9.17, 15) is 8.42 Å². The highest BCUT2D eigenvalue weighted by Gasteiger charge is 2.28. The summed E-state index contributed by atoms with van der Waals surface area (Å²) in [6, 6.07) is 0.432. The fraction of sp³-hybridized carbons (Fsp3) is 1.00. The minimum absolute atomic E-state index is 0.0954. The van der Waals surface area contributed by atoms with Crippen molar-refractivity contribution in [3.63, 3.8) is 0 Å². The van der Waals surface area contributed by atoms with Crippen LogP contribution in [-0.2, 0) is 14.6 Å². The molecule has 0 saturated heterocycles. The summed E-state index contributed by atoms with van der Waals surface area (Å²) in [5.74, 6) is 0.0954. The summed E-state index contributed by atoms with van der Waals surface area (Å²) in [5, 5.41) is 3.20. The van der Waals surface area contributed by atoms with Gasteiger partial charge in [-0.05, 0) is 20.8 Å². The van der Waals surface area contributed by atoms with E-state index in [0.717, 1.165) is 6.54 Å². The molecule has 0 fully saturated rings. The van der Waals surface area contributed by atoms with Crippen molar-refractivity contribution in [3.05, 3.63) is 0 Å². The topological polar surface area (TPSA) is 55.4 Å². The molecule has 0 aliphatic carbocycles. The standard InChI is InChI=1S/C11H25NO3S/c1-10(2)12-6-7-15-8-9-16(13,14)11(3,4)5/h10,12H,6-9H2,1-5H3. The number of rotatable bonds is 7. The van der Waals surface area contributed by atoms with Crippen LogP contribution in [0, 0.1) is 0 Å². The van der Waals surface area contributed by atoms with Gasteiger partial charge in [0, 0.05) is 12.6 Å². The molecule has 4 nitrogen and oxygen atoms in total. The van der Waals surface area contributed by atoms with Crippen LogP contribution in [0.15, 0.2) is 0 Å². The van der Waals surface area contributed by atoms with Gasteiger partial charge in [0.25, 0.3) is 0 Å². The molecular formula is C11H25NO3S. The van der Waals surface area contributed by atoms with Gasteiger partial charge in [-0.15, -0.1) is 0 Å². The second-order valence-corrected chi connectivity index (χ2v) is 8.01. The van der Waals surface area contributed by atoms with Gasteiger partial charge in [0.1, 0.15) is 0 Å². The number of hydrogen-bond acceptors (Lipinski definition) is 4. The van der Waals surface area contributed by atoms with Crippen molar-refractivity contribution in [2.75, 3.05) is 25.5 Å². The Kier molecular flexibility index (Phi) is 6.51. The molecule has 0 spiro atoms. The molecule has 0 aromatic heterocycles. The molecule has 0 aromatic carbocycles. The predicted octanol–water partition coefficient (Wildman–Crippen LogP) is 1.21. The van der Waals surface area contributed by atoms with Crippen LogP contribution in [0.2, 0.25) is 0 Å². The second-order valence-electron chi connectivity index (χ2n) is 5.15. The number of ether oxygens (including phenoxy) is 1. The Morgan fingerprint density at radius 1 is 1.19 bits per heavy atom. The van der Waals surface area contributed by atoms with E-state index in [2.05, 4.69) is 19.2 Å². The summed E-state index contributed by atoms with van der Waals surface area (Å²) < 4.78 is 28.0. The number of sulfone groups is 1. The van der Waals surface area contributed by atoms with Gasteiger partial charge in [-0.1, -0.05) is 13.8 Å². The zero-order valence-electron chi connectivity index (χ0n) is 11.0. The van der Waals surface area contributed by atoms with Gasteiger partial charge in [0.05, 0.1) is 23.7 Å². The van der Waals surface area contributed by atoms with E-state index in [0.29, 0.717) is 12.6 Å². The fourth-order valence-corrected chi connectivity index (χ4v) is 1.95. The van der Waals surface area contributed by atoms with Crippen molar-refractivity contribution in [2.24, 2.45) is 0 Å². The Bertz CT molecular complexity index is 278. The summed E-state index contributed by atoms with van der Waals surface area (Å²) in [4.78, 5) is 0. The molecular weight excluding hydrogens is 226 g/mol. The first kappa shape index (κ1) is 15.9. The Labute approximate surface area is 99.7 Å². The van der Waals surface area contributed by atoms with Crippen LogP contribution in [0.4, 0.5) is 0 Å². The van der Waals surface area contributed by atoms with Crippen LogP contribution in [0.25, 0.3) is 0 Å². The Hall–Kier alpha value is -0.130. The predicted molar refractivity (Wildman–Crippen MR) is 67.5 cm³/mol. The van der Waals surface area contributed by atoms with Crippen molar-refractivity contribution < 1.29 is 13.2 Å². The third-order valence-corrected chi connectivity index (χ3v) is 4.80. The summed E-state index contributed by atoms with van der Waals surface area (Å²) in [5.41, 5.74) is 0. The van der Waals surface area contributed by atoms with Crippen LogP contribution >= 0.6 is 0 Å². The van der Waals surface area contributed by atoms with Gasteiger partial charge in [-0.2, -0.15) is 0 Å². The second kappa shape index (κ2) is 6.57. The van der Waals surface area contributed by atoms with Gasteiger partial charge in [0.15, 0.2) is 9.84 Å². The van der Waals surface area contributed by atoms with Gasteiger partial charge in [0.2, 0.25) is 0 Å². The molecule has 16 heavy (non-hydrogen) atoms. The van der Waals surface area contributed by atoms with E-state index in [1.54, 1.807) is 20.8 Å². The molecule has 1 N–H and O–H groups in total. The normalized spacial score (nSPS) is 13.4. The van der Waals surface area contributed by atoms with Crippen LogP contribution in [0.3, 0.4) is 0 Å². The molecule has 0 aliphatic rings. The summed E-state index contributed by atoms with van der Waals surface area (Å²) >= 11 is 0. The van der Waals surface area contributed by atoms with Gasteiger partial charge in [-0.25, -0.2) is 8.42 Å². The van der Waals surface area contributed by atoms with E-state index in [1.807, 2.05) is 0 Å². The fourth-order valence-electron chi connectivity index (χ4n) is 0.997. The van der Waals surface area contributed by atoms with Crippen LogP contribution in [0.1, 0.15) is 34.6 Å². The molecule has 0 aliphatic heterocycles. The highest BCUT2D eigenvalue weighted by atomic mass is 32.2. The molecule has 0 rings (SSSR count). The Morgan fingerprint density at radius 2 is 1.75 bits per heavy atom. The van der Waals surface area contributed by atoms with E-state index in [-0.39, 0.29) is 12.4 Å². The maximum absolute atomic E-state index is 11.7. The van der Waals surface area contributed by atoms with Crippen molar-refractivity contribution in [1.29, 1.82) is 0 Å². The average Bonchev–Trinajstić information content (AvgIpc) is 2.08. The molecule has 0 bridgehead atoms. The minimum atomic E-state index is -3.05. The zero-order chi connectivity index (χ0) is 12.8. The molecule has 0 aromatic rings. The number of nitrogens with one attached hydrogen (secondary N) is 1. The quantitative estimate of drug-likeness (QED) is 0.691. The maximum atomic E-state index is 11.7. The van der Waals surface area contributed by atoms with Crippen molar-refractivity contribution in [1.82, 2.24) is 5.32 Å². The largest absolute Gasteiger partial charge is 0.379 e. The number of hydrogen-bond donors (Lipinski definition) is 1. The Morgan fingerprint density at radius 3 is 2.19 bits per heavy atom. The first-order chi connectivity index (χ1) is 7.17. The lowest BCUT2D eigenvalue weighted by molar-refractivity contribution is 0.149. The summed E-state index contributed by atoms with van der Waals surface area (Å²) in [7, 11) is -3.05. The van der Waals surface area contributed by atoms with Crippen molar-refractivity contribution in [3.8, 4) is 0 Å². The third-order valence-electron chi connectivity index (χ3n) is 2.23.